The monoisotopic (exact) mass is 426 g/mol. The van der Waals surface area contributed by atoms with Crippen molar-refractivity contribution in [3.05, 3.63) is 77.3 Å². The summed E-state index contributed by atoms with van der Waals surface area (Å²) in [4.78, 5) is 12.3. The molecule has 3 rings (SSSR count). The van der Waals surface area contributed by atoms with Crippen LogP contribution in [0.15, 0.2) is 48.7 Å². The Balaban J connectivity index is 1.79. The third-order valence-electron chi connectivity index (χ3n) is 4.72. The molecule has 2 aromatic carbocycles. The summed E-state index contributed by atoms with van der Waals surface area (Å²) in [5.41, 5.74) is -2.08. The van der Waals surface area contributed by atoms with Crippen molar-refractivity contribution in [2.24, 2.45) is 0 Å². The molecule has 1 saturated heterocycles. The van der Waals surface area contributed by atoms with Gasteiger partial charge in [-0.15, -0.1) is 0 Å². The fourth-order valence-electron chi connectivity index (χ4n) is 3.03. The van der Waals surface area contributed by atoms with Crippen LogP contribution in [0.3, 0.4) is 0 Å². The van der Waals surface area contributed by atoms with Crippen LogP contribution in [0.1, 0.15) is 28.8 Å². The number of nitrogens with one attached hydrogen (secondary N) is 2. The molecule has 2 N–H and O–H groups in total. The van der Waals surface area contributed by atoms with Crippen LogP contribution in [0.4, 0.5) is 27.6 Å². The molecule has 1 aliphatic rings. The third-order valence-corrected chi connectivity index (χ3v) is 4.72. The van der Waals surface area contributed by atoms with Gasteiger partial charge in [0.15, 0.2) is 11.6 Å². The molecule has 0 spiro atoms. The Labute approximate surface area is 169 Å². The summed E-state index contributed by atoms with van der Waals surface area (Å²) in [7, 11) is 0. The summed E-state index contributed by atoms with van der Waals surface area (Å²) in [5, 5.41) is 4.87. The molecule has 0 radical (unpaired) electrons. The number of rotatable bonds is 6. The minimum Gasteiger partial charge on any atom is -0.381 e. The summed E-state index contributed by atoms with van der Waals surface area (Å²) in [5.74, 6) is -8.18. The summed E-state index contributed by atoms with van der Waals surface area (Å²) >= 11 is 0. The molecule has 0 unspecified atom stereocenters. The molecule has 160 valence electrons. The van der Waals surface area contributed by atoms with E-state index in [0.717, 1.165) is 30.3 Å². The Morgan fingerprint density at radius 1 is 1.00 bits per heavy atom. The zero-order chi connectivity index (χ0) is 21.9. The number of ether oxygens (including phenoxy) is 1. The zero-order valence-electron chi connectivity index (χ0n) is 15.8. The van der Waals surface area contributed by atoms with Crippen LogP contribution in [0, 0.1) is 17.5 Å². The number of carbonyl (C=O) groups excluding carboxylic acids is 1. The molecule has 1 fully saturated rings. The summed E-state index contributed by atoms with van der Waals surface area (Å²) < 4.78 is 75.4. The van der Waals surface area contributed by atoms with E-state index in [0.29, 0.717) is 32.1 Å². The van der Waals surface area contributed by atoms with E-state index in [1.807, 2.05) is 0 Å². The molecular weight excluding hydrogens is 407 g/mol. The van der Waals surface area contributed by atoms with Crippen LogP contribution in [0.2, 0.25) is 0 Å². The van der Waals surface area contributed by atoms with Gasteiger partial charge in [-0.3, -0.25) is 4.79 Å². The van der Waals surface area contributed by atoms with Gasteiger partial charge < -0.3 is 15.4 Å². The van der Waals surface area contributed by atoms with Crippen LogP contribution >= 0.6 is 0 Å². The highest BCUT2D eigenvalue weighted by atomic mass is 19.3. The van der Waals surface area contributed by atoms with Crippen molar-refractivity contribution in [2.75, 3.05) is 18.5 Å². The summed E-state index contributed by atoms with van der Waals surface area (Å²) in [6.07, 6.45) is 1.02. The molecule has 0 atom stereocenters. The molecular formula is C21H19F5N2O2. The van der Waals surface area contributed by atoms with Crippen molar-refractivity contribution in [2.45, 2.75) is 24.8 Å². The minimum absolute atomic E-state index is 0.0814. The Morgan fingerprint density at radius 2 is 1.67 bits per heavy atom. The van der Waals surface area contributed by atoms with Gasteiger partial charge in [0, 0.05) is 36.6 Å². The van der Waals surface area contributed by atoms with Crippen LogP contribution in [-0.2, 0) is 10.7 Å². The van der Waals surface area contributed by atoms with Gasteiger partial charge in [0.25, 0.3) is 5.91 Å². The lowest BCUT2D eigenvalue weighted by molar-refractivity contribution is 0.0191. The first-order chi connectivity index (χ1) is 14.2. The molecule has 1 heterocycles. The topological polar surface area (TPSA) is 50.4 Å². The zero-order valence-corrected chi connectivity index (χ0v) is 15.8. The van der Waals surface area contributed by atoms with E-state index in [-0.39, 0.29) is 17.3 Å². The normalized spacial score (nSPS) is 15.0. The van der Waals surface area contributed by atoms with Gasteiger partial charge in [0.2, 0.25) is 0 Å². The van der Waals surface area contributed by atoms with E-state index < -0.39 is 40.5 Å². The summed E-state index contributed by atoms with van der Waals surface area (Å²) in [6.45, 7) is 4.19. The number of amides is 1. The van der Waals surface area contributed by atoms with Gasteiger partial charge in [-0.2, -0.15) is 8.78 Å². The van der Waals surface area contributed by atoms with Gasteiger partial charge in [-0.1, -0.05) is 6.58 Å². The second kappa shape index (κ2) is 8.83. The molecule has 0 aliphatic carbocycles. The van der Waals surface area contributed by atoms with Crippen LogP contribution in [0.5, 0.6) is 0 Å². The highest BCUT2D eigenvalue weighted by molar-refractivity contribution is 6.04. The number of anilines is 1. The lowest BCUT2D eigenvalue weighted by atomic mass is 10.0. The van der Waals surface area contributed by atoms with Crippen molar-refractivity contribution in [3.8, 4) is 0 Å². The molecule has 0 aromatic heterocycles. The number of halogens is 5. The quantitative estimate of drug-likeness (QED) is 0.657. The van der Waals surface area contributed by atoms with Crippen molar-refractivity contribution in [3.63, 3.8) is 0 Å². The largest absolute Gasteiger partial charge is 0.381 e. The van der Waals surface area contributed by atoms with Crippen LogP contribution < -0.4 is 10.6 Å². The smallest absolute Gasteiger partial charge is 0.314 e. The number of allylic oxidation sites excluding steroid dienone is 1. The molecule has 30 heavy (non-hydrogen) atoms. The lowest BCUT2D eigenvalue weighted by Crippen LogP contribution is -2.39. The summed E-state index contributed by atoms with van der Waals surface area (Å²) in [6, 6.07) is 4.84. The van der Waals surface area contributed by atoms with Crippen molar-refractivity contribution >= 4 is 11.6 Å². The van der Waals surface area contributed by atoms with E-state index in [1.165, 1.54) is 0 Å². The number of carbonyl (C=O) groups is 1. The lowest BCUT2D eigenvalue weighted by Gasteiger charge is -2.29. The van der Waals surface area contributed by atoms with Gasteiger partial charge in [0.1, 0.15) is 5.82 Å². The average molecular weight is 426 g/mol. The van der Waals surface area contributed by atoms with E-state index in [9.17, 15) is 26.7 Å². The number of hydrogen-bond acceptors (Lipinski definition) is 3. The third kappa shape index (κ3) is 4.79. The highest BCUT2D eigenvalue weighted by Crippen LogP contribution is 2.36. The predicted molar refractivity (Wildman–Crippen MR) is 101 cm³/mol. The van der Waals surface area contributed by atoms with Gasteiger partial charge in [-0.25, -0.2) is 13.2 Å². The first-order valence-electron chi connectivity index (χ1n) is 9.16. The fourth-order valence-corrected chi connectivity index (χ4v) is 3.03. The standard InChI is InChI=1S/C21H19F5N2O2/c1-12(27-14-6-8-30-9-7-14)21(25,26)16-10-13(2-4-17(16)22)20(29)28-15-3-5-18(23)19(24)11-15/h2-5,10-11,14,27H,1,6-9H2,(H,28,29). The Morgan fingerprint density at radius 3 is 2.33 bits per heavy atom. The van der Waals surface area contributed by atoms with Gasteiger partial charge >= 0.3 is 5.92 Å². The van der Waals surface area contributed by atoms with Crippen LogP contribution in [0.25, 0.3) is 0 Å². The molecule has 1 amide bonds. The Kier molecular flexibility index (Phi) is 6.40. The Hall–Kier alpha value is -2.94. The molecule has 4 nitrogen and oxygen atoms in total. The van der Waals surface area contributed by atoms with E-state index >= 15 is 0 Å². The highest BCUT2D eigenvalue weighted by Gasteiger charge is 2.39. The van der Waals surface area contributed by atoms with Crippen LogP contribution in [-0.4, -0.2) is 25.2 Å². The van der Waals surface area contributed by atoms with Gasteiger partial charge in [0.05, 0.1) is 11.3 Å². The van der Waals surface area contributed by atoms with Gasteiger partial charge in [-0.05, 0) is 43.2 Å². The Bertz CT molecular complexity index is 958. The van der Waals surface area contributed by atoms with E-state index in [4.69, 9.17) is 4.74 Å². The first kappa shape index (κ1) is 21.8. The molecule has 9 heteroatoms. The second-order valence-electron chi connectivity index (χ2n) is 6.86. The SMILES string of the molecule is C=C(NC1CCOCC1)C(F)(F)c1cc(C(=O)Nc2ccc(F)c(F)c2)ccc1F. The number of alkyl halides is 2. The number of hydrogen-bond donors (Lipinski definition) is 2. The maximum Gasteiger partial charge on any atom is 0.314 e. The minimum atomic E-state index is -3.79. The fraction of sp³-hybridized carbons (Fsp3) is 0.286. The van der Waals surface area contributed by atoms with Crippen molar-refractivity contribution in [1.29, 1.82) is 0 Å². The molecule has 0 saturated carbocycles. The molecule has 0 bridgehead atoms. The second-order valence-corrected chi connectivity index (χ2v) is 6.86. The van der Waals surface area contributed by atoms with E-state index in [2.05, 4.69) is 17.2 Å². The van der Waals surface area contributed by atoms with Crippen molar-refractivity contribution < 1.29 is 31.5 Å². The van der Waals surface area contributed by atoms with Crippen molar-refractivity contribution in [1.82, 2.24) is 5.32 Å². The maximum atomic E-state index is 14.9. The molecule has 2 aromatic rings. The predicted octanol–water partition coefficient (Wildman–Crippen LogP) is 4.73. The first-order valence-corrected chi connectivity index (χ1v) is 9.16. The molecule has 1 aliphatic heterocycles. The maximum absolute atomic E-state index is 14.9. The van der Waals surface area contributed by atoms with E-state index in [1.54, 1.807) is 0 Å². The number of benzene rings is 2. The average Bonchev–Trinajstić information content (AvgIpc) is 2.71.